The number of aliphatic hydroxyl groups is 2. The van der Waals surface area contributed by atoms with Gasteiger partial charge in [-0.15, -0.1) is 0 Å². The van der Waals surface area contributed by atoms with Gasteiger partial charge in [-0.3, -0.25) is 14.7 Å². The van der Waals surface area contributed by atoms with E-state index < -0.39 is 36.8 Å². The summed E-state index contributed by atoms with van der Waals surface area (Å²) in [5.41, 5.74) is 1.47. The van der Waals surface area contributed by atoms with E-state index in [1.165, 1.54) is 12.1 Å². The van der Waals surface area contributed by atoms with Crippen molar-refractivity contribution in [2.45, 2.75) is 44.1 Å². The molecule has 1 aromatic heterocycles. The van der Waals surface area contributed by atoms with Crippen LogP contribution >= 0.6 is 0 Å². The molecule has 6 nitrogen and oxygen atoms in total. The predicted octanol–water partition coefficient (Wildman–Crippen LogP) is 2.41. The molecular formula is C22H26F3N3O3. The van der Waals surface area contributed by atoms with E-state index in [2.05, 4.69) is 23.7 Å². The highest BCUT2D eigenvalue weighted by Gasteiger charge is 2.44. The monoisotopic (exact) mass is 437 g/mol. The van der Waals surface area contributed by atoms with Gasteiger partial charge >= 0.3 is 6.43 Å². The normalized spacial score (nSPS) is 18.0. The smallest absolute Gasteiger partial charge is 0.315 e. The van der Waals surface area contributed by atoms with Gasteiger partial charge < -0.3 is 15.5 Å². The zero-order valence-corrected chi connectivity index (χ0v) is 17.3. The van der Waals surface area contributed by atoms with E-state index in [0.29, 0.717) is 24.8 Å². The average molecular weight is 437 g/mol. The van der Waals surface area contributed by atoms with Gasteiger partial charge in [-0.1, -0.05) is 30.3 Å². The average Bonchev–Trinajstić information content (AvgIpc) is 2.74. The molecule has 3 N–H and O–H groups in total. The number of aliphatic hydroxyl groups excluding tert-OH is 1. The fraction of sp³-hybridized carbons (Fsp3) is 0.455. The summed E-state index contributed by atoms with van der Waals surface area (Å²) in [6.07, 6.45) is -3.12. The van der Waals surface area contributed by atoms with Crippen molar-refractivity contribution < 1.29 is 28.2 Å². The van der Waals surface area contributed by atoms with E-state index in [4.69, 9.17) is 0 Å². The highest BCUT2D eigenvalue weighted by Crippen LogP contribution is 2.33. The number of likely N-dealkylation sites (tertiary alicyclic amines) is 1. The molecule has 9 heteroatoms. The highest BCUT2D eigenvalue weighted by atomic mass is 19.3. The Morgan fingerprint density at radius 3 is 2.26 bits per heavy atom. The number of pyridine rings is 1. The van der Waals surface area contributed by atoms with Crippen LogP contribution in [0.1, 0.15) is 31.2 Å². The second-order valence-electron chi connectivity index (χ2n) is 8.10. The molecular weight excluding hydrogens is 411 g/mol. The molecule has 1 fully saturated rings. The van der Waals surface area contributed by atoms with Crippen LogP contribution in [-0.4, -0.2) is 64.3 Å². The predicted molar refractivity (Wildman–Crippen MR) is 109 cm³/mol. The quantitative estimate of drug-likeness (QED) is 0.591. The molecule has 0 radical (unpaired) electrons. The summed E-state index contributed by atoms with van der Waals surface area (Å²) >= 11 is 0. The SMILES string of the molecule is CC(C)N1CC(O)(c2ccc(-c3ccc(C(O)C(CF)NC(=O)C(F)F)cc3)cn2)C1. The van der Waals surface area contributed by atoms with Gasteiger partial charge in [-0.2, -0.15) is 8.78 Å². The van der Waals surface area contributed by atoms with Crippen LogP contribution in [0.15, 0.2) is 42.6 Å². The molecule has 2 unspecified atom stereocenters. The fourth-order valence-corrected chi connectivity index (χ4v) is 3.55. The molecule has 2 aromatic rings. The molecule has 2 atom stereocenters. The molecule has 1 saturated heterocycles. The molecule has 0 bridgehead atoms. The summed E-state index contributed by atoms with van der Waals surface area (Å²) in [6, 6.07) is 8.91. The molecule has 1 aromatic carbocycles. The summed E-state index contributed by atoms with van der Waals surface area (Å²) < 4.78 is 37.9. The maximum absolute atomic E-state index is 13.1. The number of aromatic nitrogens is 1. The molecule has 3 rings (SSSR count). The number of carbonyl (C=O) groups excluding carboxylic acids is 1. The Hall–Kier alpha value is -2.49. The molecule has 1 aliphatic heterocycles. The Labute approximate surface area is 178 Å². The lowest BCUT2D eigenvalue weighted by molar-refractivity contribution is -0.133. The van der Waals surface area contributed by atoms with Crippen molar-refractivity contribution in [1.82, 2.24) is 15.2 Å². The summed E-state index contributed by atoms with van der Waals surface area (Å²) in [5.74, 6) is -1.63. The Balaban J connectivity index is 1.68. The van der Waals surface area contributed by atoms with Crippen LogP contribution in [0.2, 0.25) is 0 Å². The van der Waals surface area contributed by atoms with Crippen molar-refractivity contribution in [1.29, 1.82) is 0 Å². The van der Waals surface area contributed by atoms with Crippen LogP contribution in [-0.2, 0) is 10.4 Å². The Bertz CT molecular complexity index is 885. The maximum atomic E-state index is 13.1. The van der Waals surface area contributed by atoms with Gasteiger partial charge in [0.25, 0.3) is 5.91 Å². The third kappa shape index (κ3) is 5.06. The lowest BCUT2D eigenvalue weighted by atomic mass is 9.88. The lowest BCUT2D eigenvalue weighted by Crippen LogP contribution is -2.61. The molecule has 2 heterocycles. The van der Waals surface area contributed by atoms with E-state index in [1.54, 1.807) is 29.7 Å². The minimum Gasteiger partial charge on any atom is -0.386 e. The van der Waals surface area contributed by atoms with Gasteiger partial charge in [0.05, 0.1) is 11.7 Å². The third-order valence-corrected chi connectivity index (χ3v) is 5.56. The Morgan fingerprint density at radius 2 is 1.77 bits per heavy atom. The van der Waals surface area contributed by atoms with Crippen molar-refractivity contribution in [3.05, 3.63) is 53.9 Å². The van der Waals surface area contributed by atoms with Crippen molar-refractivity contribution in [2.75, 3.05) is 19.8 Å². The maximum Gasteiger partial charge on any atom is 0.315 e. The van der Waals surface area contributed by atoms with Crippen LogP contribution in [0.4, 0.5) is 13.2 Å². The number of β-amino-alcohol motifs (C(OH)–C–C–N with tert-alkyl or cyclic N) is 1. The second-order valence-corrected chi connectivity index (χ2v) is 8.10. The van der Waals surface area contributed by atoms with E-state index >= 15 is 0 Å². The van der Waals surface area contributed by atoms with Crippen LogP contribution in [0.5, 0.6) is 0 Å². The number of hydrogen-bond donors (Lipinski definition) is 3. The van der Waals surface area contributed by atoms with Crippen LogP contribution in [0.3, 0.4) is 0 Å². The number of amides is 1. The fourth-order valence-electron chi connectivity index (χ4n) is 3.55. The first-order chi connectivity index (χ1) is 14.6. The largest absolute Gasteiger partial charge is 0.386 e. The third-order valence-electron chi connectivity index (χ3n) is 5.56. The minimum atomic E-state index is -3.29. The number of nitrogens with zero attached hydrogens (tertiary/aromatic N) is 2. The van der Waals surface area contributed by atoms with E-state index in [0.717, 1.165) is 11.1 Å². The van der Waals surface area contributed by atoms with Crippen molar-refractivity contribution >= 4 is 5.91 Å². The van der Waals surface area contributed by atoms with Gasteiger partial charge in [0.2, 0.25) is 0 Å². The van der Waals surface area contributed by atoms with Gasteiger partial charge in [0.1, 0.15) is 18.4 Å². The Morgan fingerprint density at radius 1 is 1.16 bits per heavy atom. The van der Waals surface area contributed by atoms with E-state index in [9.17, 15) is 28.2 Å². The highest BCUT2D eigenvalue weighted by molar-refractivity contribution is 5.79. The van der Waals surface area contributed by atoms with Crippen LogP contribution in [0.25, 0.3) is 11.1 Å². The van der Waals surface area contributed by atoms with Crippen molar-refractivity contribution in [3.63, 3.8) is 0 Å². The van der Waals surface area contributed by atoms with E-state index in [1.807, 2.05) is 6.07 Å². The molecule has 1 amide bonds. The van der Waals surface area contributed by atoms with Crippen molar-refractivity contribution in [3.8, 4) is 11.1 Å². The first kappa shape index (κ1) is 23.2. The molecule has 1 aliphatic rings. The first-order valence-corrected chi connectivity index (χ1v) is 10.0. The summed E-state index contributed by atoms with van der Waals surface area (Å²) in [4.78, 5) is 17.6. The molecule has 168 valence electrons. The number of alkyl halides is 3. The zero-order valence-electron chi connectivity index (χ0n) is 17.3. The number of rotatable bonds is 8. The van der Waals surface area contributed by atoms with Gasteiger partial charge in [-0.05, 0) is 31.0 Å². The summed E-state index contributed by atoms with van der Waals surface area (Å²) in [7, 11) is 0. The lowest BCUT2D eigenvalue weighted by Gasteiger charge is -2.48. The number of benzene rings is 1. The number of nitrogens with one attached hydrogen (secondary N) is 1. The molecule has 0 spiro atoms. The Kier molecular flexibility index (Phi) is 6.98. The number of halogens is 3. The second kappa shape index (κ2) is 9.33. The molecule has 0 aliphatic carbocycles. The van der Waals surface area contributed by atoms with E-state index in [-0.39, 0.29) is 5.56 Å². The van der Waals surface area contributed by atoms with Crippen molar-refractivity contribution in [2.24, 2.45) is 0 Å². The molecule has 31 heavy (non-hydrogen) atoms. The van der Waals surface area contributed by atoms with Gasteiger partial charge in [0.15, 0.2) is 0 Å². The summed E-state index contributed by atoms with van der Waals surface area (Å²) in [5, 5.41) is 22.7. The minimum absolute atomic E-state index is 0.281. The number of hydrogen-bond acceptors (Lipinski definition) is 5. The van der Waals surface area contributed by atoms with Gasteiger partial charge in [0, 0.05) is 30.9 Å². The van der Waals surface area contributed by atoms with Gasteiger partial charge in [-0.25, -0.2) is 4.39 Å². The van der Waals surface area contributed by atoms with Crippen LogP contribution in [0, 0.1) is 0 Å². The zero-order chi connectivity index (χ0) is 22.8. The molecule has 0 saturated carbocycles. The summed E-state index contributed by atoms with van der Waals surface area (Å²) in [6.45, 7) is 4.01. The number of carbonyl (C=O) groups is 1. The topological polar surface area (TPSA) is 85.7 Å². The standard InChI is InChI=1S/C22H26F3N3O3/c1-13(2)28-11-22(31,12-28)18-8-7-16(10-26-18)14-3-5-15(6-4-14)19(29)17(9-23)27-21(30)20(24)25/h3-8,10,13,17,19-20,29,31H,9,11-12H2,1-2H3,(H,27,30). The van der Waals surface area contributed by atoms with Crippen LogP contribution < -0.4 is 5.32 Å². The first-order valence-electron chi connectivity index (χ1n) is 10.0.